The third-order valence-corrected chi connectivity index (χ3v) is 2.35. The van der Waals surface area contributed by atoms with Crippen LogP contribution >= 0.6 is 17.9 Å². The first-order valence-electron chi connectivity index (χ1n) is 2.36. The van der Waals surface area contributed by atoms with Crippen molar-refractivity contribution in [2.75, 3.05) is 19.5 Å². The third kappa shape index (κ3) is 6.46. The van der Waals surface area contributed by atoms with Crippen LogP contribution < -0.4 is 0 Å². The van der Waals surface area contributed by atoms with Crippen molar-refractivity contribution in [3.8, 4) is 0 Å². The summed E-state index contributed by atoms with van der Waals surface area (Å²) in [4.78, 5) is 0. The predicted octanol–water partition coefficient (Wildman–Crippen LogP) is 2.34. The molecular weight excluding hydrogens is 126 g/mol. The Morgan fingerprint density at radius 2 is 2.14 bits per heavy atom. The van der Waals surface area contributed by atoms with E-state index in [4.69, 9.17) is 11.2 Å². The first kappa shape index (κ1) is 7.46. The van der Waals surface area contributed by atoms with Crippen LogP contribution in [0.5, 0.6) is 0 Å². The van der Waals surface area contributed by atoms with E-state index in [2.05, 4.69) is 19.9 Å². The zero-order valence-electron chi connectivity index (χ0n) is 4.87. The van der Waals surface area contributed by atoms with Crippen LogP contribution in [0.15, 0.2) is 12.7 Å². The maximum atomic E-state index is 5.90. The second-order valence-corrected chi connectivity index (χ2v) is 9.13. The van der Waals surface area contributed by atoms with Crippen LogP contribution in [0.3, 0.4) is 0 Å². The minimum atomic E-state index is -1.30. The van der Waals surface area contributed by atoms with Crippen LogP contribution in [0, 0.1) is 0 Å². The summed E-state index contributed by atoms with van der Waals surface area (Å²) in [6.45, 7) is 6.51. The molecule has 0 aromatic heterocycles. The van der Waals surface area contributed by atoms with Crippen molar-refractivity contribution in [2.24, 2.45) is 0 Å². The molecule has 0 saturated carbocycles. The molecule has 0 amide bonds. The standard InChI is InChI=1S/C5H12ClP/c1-4-5-7(2,3)6/h4,7H,1,5H2,2-3H3. The molecule has 0 bridgehead atoms. The molecule has 0 radical (unpaired) electrons. The molecule has 0 saturated heterocycles. The van der Waals surface area contributed by atoms with Gasteiger partial charge in [-0.1, -0.05) is 0 Å². The summed E-state index contributed by atoms with van der Waals surface area (Å²) in [5.41, 5.74) is 0. The first-order chi connectivity index (χ1) is 3.06. The van der Waals surface area contributed by atoms with Gasteiger partial charge in [0, 0.05) is 0 Å². The van der Waals surface area contributed by atoms with Gasteiger partial charge in [-0.2, -0.15) is 0 Å². The fourth-order valence-electron chi connectivity index (χ4n) is 0.343. The molecule has 0 aromatic rings. The van der Waals surface area contributed by atoms with E-state index < -0.39 is 6.62 Å². The van der Waals surface area contributed by atoms with Crippen molar-refractivity contribution in [1.29, 1.82) is 0 Å². The topological polar surface area (TPSA) is 0 Å². The molecular formula is C5H12ClP. The Labute approximate surface area is 50.7 Å². The molecule has 44 valence electrons. The SMILES string of the molecule is C=CC[PH](C)(C)Cl. The van der Waals surface area contributed by atoms with Crippen molar-refractivity contribution in [3.63, 3.8) is 0 Å². The molecule has 0 unspecified atom stereocenters. The Hall–Kier alpha value is 0.460. The van der Waals surface area contributed by atoms with Crippen molar-refractivity contribution in [1.82, 2.24) is 0 Å². The van der Waals surface area contributed by atoms with E-state index in [9.17, 15) is 0 Å². The van der Waals surface area contributed by atoms with Crippen molar-refractivity contribution >= 4 is 17.9 Å². The van der Waals surface area contributed by atoms with E-state index in [1.165, 1.54) is 0 Å². The molecule has 0 aliphatic heterocycles. The van der Waals surface area contributed by atoms with Gasteiger partial charge < -0.3 is 0 Å². The zero-order chi connectivity index (χ0) is 5.91. The molecule has 0 aliphatic carbocycles. The number of allylic oxidation sites excluding steroid dienone is 1. The molecule has 0 spiro atoms. The average Bonchev–Trinajstić information content (AvgIpc) is 1.30. The van der Waals surface area contributed by atoms with Gasteiger partial charge in [0.2, 0.25) is 0 Å². The van der Waals surface area contributed by atoms with Gasteiger partial charge in [0.05, 0.1) is 0 Å². The number of rotatable bonds is 2. The van der Waals surface area contributed by atoms with Gasteiger partial charge in [-0.15, -0.1) is 0 Å². The molecule has 0 rings (SSSR count). The Bertz CT molecular complexity index is 63.0. The van der Waals surface area contributed by atoms with Gasteiger partial charge in [0.1, 0.15) is 0 Å². The summed E-state index contributed by atoms with van der Waals surface area (Å²) in [5, 5.41) is 0. The average molecular weight is 139 g/mol. The van der Waals surface area contributed by atoms with Crippen LogP contribution in [-0.4, -0.2) is 19.5 Å². The molecule has 0 aromatic carbocycles. The van der Waals surface area contributed by atoms with Crippen LogP contribution in [-0.2, 0) is 0 Å². The van der Waals surface area contributed by atoms with Crippen LogP contribution in [0.4, 0.5) is 0 Å². The molecule has 0 N–H and O–H groups in total. The van der Waals surface area contributed by atoms with Gasteiger partial charge >= 0.3 is 50.0 Å². The van der Waals surface area contributed by atoms with E-state index in [0.29, 0.717) is 0 Å². The van der Waals surface area contributed by atoms with Gasteiger partial charge in [0.25, 0.3) is 0 Å². The summed E-state index contributed by atoms with van der Waals surface area (Å²) < 4.78 is 0. The summed E-state index contributed by atoms with van der Waals surface area (Å²) >= 11 is 5.90. The zero-order valence-corrected chi connectivity index (χ0v) is 6.63. The van der Waals surface area contributed by atoms with Crippen LogP contribution in [0.25, 0.3) is 0 Å². The van der Waals surface area contributed by atoms with Gasteiger partial charge in [-0.05, 0) is 0 Å². The second-order valence-electron chi connectivity index (χ2n) is 2.21. The number of halogens is 1. The van der Waals surface area contributed by atoms with E-state index in [1.54, 1.807) is 0 Å². The van der Waals surface area contributed by atoms with E-state index in [0.717, 1.165) is 6.16 Å². The first-order valence-corrected chi connectivity index (χ1v) is 6.58. The van der Waals surface area contributed by atoms with E-state index >= 15 is 0 Å². The molecule has 0 heterocycles. The number of hydrogen-bond donors (Lipinski definition) is 0. The molecule has 0 atom stereocenters. The van der Waals surface area contributed by atoms with Crippen molar-refractivity contribution in [3.05, 3.63) is 12.7 Å². The Morgan fingerprint density at radius 3 is 2.14 bits per heavy atom. The van der Waals surface area contributed by atoms with Gasteiger partial charge in [-0.25, -0.2) is 0 Å². The summed E-state index contributed by atoms with van der Waals surface area (Å²) in [6.07, 6.45) is 2.90. The van der Waals surface area contributed by atoms with Crippen molar-refractivity contribution in [2.45, 2.75) is 0 Å². The van der Waals surface area contributed by atoms with Gasteiger partial charge in [-0.3, -0.25) is 0 Å². The van der Waals surface area contributed by atoms with Crippen molar-refractivity contribution < 1.29 is 0 Å². The van der Waals surface area contributed by atoms with Crippen LogP contribution in [0.2, 0.25) is 0 Å². The fourth-order valence-corrected chi connectivity index (χ4v) is 1.36. The molecule has 2 heteroatoms. The van der Waals surface area contributed by atoms with Gasteiger partial charge in [0.15, 0.2) is 0 Å². The minimum absolute atomic E-state index is 1.01. The number of hydrogen-bond acceptors (Lipinski definition) is 0. The Morgan fingerprint density at radius 1 is 1.71 bits per heavy atom. The fraction of sp³-hybridized carbons (Fsp3) is 0.600. The van der Waals surface area contributed by atoms with Crippen LogP contribution in [0.1, 0.15) is 0 Å². The second kappa shape index (κ2) is 2.69. The molecule has 7 heavy (non-hydrogen) atoms. The summed E-state index contributed by atoms with van der Waals surface area (Å²) in [6, 6.07) is 0. The summed E-state index contributed by atoms with van der Waals surface area (Å²) in [7, 11) is 0. The molecule has 0 fully saturated rings. The monoisotopic (exact) mass is 138 g/mol. The molecule has 0 nitrogen and oxygen atoms in total. The Balaban J connectivity index is 3.34. The normalized spacial score (nSPS) is 13.6. The predicted molar refractivity (Wildman–Crippen MR) is 41.1 cm³/mol. The third-order valence-electron chi connectivity index (χ3n) is 0.630. The Kier molecular flexibility index (Phi) is 2.87. The maximum absolute atomic E-state index is 5.90. The molecule has 0 aliphatic rings. The quantitative estimate of drug-likeness (QED) is 0.406. The van der Waals surface area contributed by atoms with E-state index in [1.807, 2.05) is 6.08 Å². The van der Waals surface area contributed by atoms with E-state index in [-0.39, 0.29) is 0 Å². The summed E-state index contributed by atoms with van der Waals surface area (Å²) in [5.74, 6) is 0.